The monoisotopic (exact) mass is 251 g/mol. The lowest BCUT2D eigenvalue weighted by molar-refractivity contribution is 0.203. The summed E-state index contributed by atoms with van der Waals surface area (Å²) >= 11 is 0. The molecule has 0 aromatic carbocycles. The van der Waals surface area contributed by atoms with E-state index in [1.54, 1.807) is 7.11 Å². The van der Waals surface area contributed by atoms with Crippen LogP contribution in [0.2, 0.25) is 0 Å². The van der Waals surface area contributed by atoms with E-state index in [4.69, 9.17) is 10.5 Å². The Bertz CT molecular complexity index is 355. The number of methoxy groups -OCH3 is 1. The molecular weight excluding hydrogens is 226 g/mol. The summed E-state index contributed by atoms with van der Waals surface area (Å²) in [5.41, 5.74) is 7.12. The third-order valence-corrected chi connectivity index (χ3v) is 3.24. The molecule has 1 aromatic heterocycles. The summed E-state index contributed by atoms with van der Waals surface area (Å²) in [5, 5.41) is 0. The number of nitrogens with two attached hydrogens (primary N) is 1. The number of nitrogens with zero attached hydrogens (tertiary/aromatic N) is 2. The second-order valence-electron chi connectivity index (χ2n) is 4.65. The van der Waals surface area contributed by atoms with Crippen LogP contribution in [0.1, 0.15) is 38.8 Å². The second kappa shape index (κ2) is 7.34. The lowest BCUT2D eigenvalue weighted by Crippen LogP contribution is -2.37. The van der Waals surface area contributed by atoms with E-state index in [1.165, 1.54) is 0 Å². The highest BCUT2D eigenvalue weighted by molar-refractivity contribution is 5.49. The highest BCUT2D eigenvalue weighted by Gasteiger charge is 2.18. The van der Waals surface area contributed by atoms with Crippen LogP contribution >= 0.6 is 0 Å². The quantitative estimate of drug-likeness (QED) is 0.808. The molecule has 2 atom stereocenters. The Morgan fingerprint density at radius 2 is 2.17 bits per heavy atom. The van der Waals surface area contributed by atoms with Crippen LogP contribution in [0.25, 0.3) is 0 Å². The standard InChI is InChI=1S/C14H25N3O/c1-5-11(2)17(9-10-18-4)14-13(12(3)15)7-6-8-16-14/h6-8,11-12H,5,9-10,15H2,1-4H3. The fourth-order valence-electron chi connectivity index (χ4n) is 1.95. The van der Waals surface area contributed by atoms with Crippen LogP contribution in [-0.4, -0.2) is 31.3 Å². The molecule has 4 nitrogen and oxygen atoms in total. The maximum Gasteiger partial charge on any atom is 0.133 e. The minimum absolute atomic E-state index is 0.0113. The van der Waals surface area contributed by atoms with E-state index in [1.807, 2.05) is 19.2 Å². The molecular formula is C14H25N3O. The van der Waals surface area contributed by atoms with Gasteiger partial charge in [0.1, 0.15) is 5.82 Å². The van der Waals surface area contributed by atoms with Gasteiger partial charge in [-0.2, -0.15) is 0 Å². The van der Waals surface area contributed by atoms with E-state index in [-0.39, 0.29) is 6.04 Å². The van der Waals surface area contributed by atoms with Gasteiger partial charge in [-0.25, -0.2) is 4.98 Å². The summed E-state index contributed by atoms with van der Waals surface area (Å²) in [7, 11) is 1.72. The molecule has 0 bridgehead atoms. The number of aromatic nitrogens is 1. The Morgan fingerprint density at radius 1 is 1.44 bits per heavy atom. The molecule has 1 heterocycles. The first-order valence-electron chi connectivity index (χ1n) is 6.57. The molecule has 0 amide bonds. The average molecular weight is 251 g/mol. The third kappa shape index (κ3) is 3.68. The molecule has 0 spiro atoms. The molecule has 0 fully saturated rings. The van der Waals surface area contributed by atoms with E-state index in [0.717, 1.165) is 24.3 Å². The second-order valence-corrected chi connectivity index (χ2v) is 4.65. The van der Waals surface area contributed by atoms with Gasteiger partial charge in [0.05, 0.1) is 6.61 Å². The molecule has 1 rings (SSSR count). The Hall–Kier alpha value is -1.13. The Labute approximate surface area is 110 Å². The molecule has 0 aliphatic rings. The molecule has 4 heteroatoms. The first-order valence-corrected chi connectivity index (χ1v) is 6.57. The largest absolute Gasteiger partial charge is 0.383 e. The molecule has 1 aromatic rings. The average Bonchev–Trinajstić information content (AvgIpc) is 2.39. The fraction of sp³-hybridized carbons (Fsp3) is 0.643. The van der Waals surface area contributed by atoms with Crippen LogP contribution in [0.15, 0.2) is 18.3 Å². The first-order chi connectivity index (χ1) is 8.61. The van der Waals surface area contributed by atoms with Gasteiger partial charge in [0, 0.05) is 37.5 Å². The zero-order valence-electron chi connectivity index (χ0n) is 11.9. The molecule has 2 unspecified atom stereocenters. The van der Waals surface area contributed by atoms with Crippen molar-refractivity contribution in [2.24, 2.45) is 5.73 Å². The number of ether oxygens (including phenoxy) is 1. The summed E-state index contributed by atoms with van der Waals surface area (Å²) in [6.45, 7) is 7.90. The van der Waals surface area contributed by atoms with Crippen molar-refractivity contribution in [3.63, 3.8) is 0 Å². The highest BCUT2D eigenvalue weighted by Crippen LogP contribution is 2.24. The minimum atomic E-state index is -0.0113. The van der Waals surface area contributed by atoms with Crippen LogP contribution in [0.3, 0.4) is 0 Å². The van der Waals surface area contributed by atoms with E-state index in [9.17, 15) is 0 Å². The van der Waals surface area contributed by atoms with Gasteiger partial charge in [-0.05, 0) is 26.3 Å². The van der Waals surface area contributed by atoms with Crippen molar-refractivity contribution < 1.29 is 4.74 Å². The maximum atomic E-state index is 6.02. The number of hydrogen-bond donors (Lipinski definition) is 1. The summed E-state index contributed by atoms with van der Waals surface area (Å²) in [4.78, 5) is 6.79. The summed E-state index contributed by atoms with van der Waals surface area (Å²) in [5.74, 6) is 0.985. The van der Waals surface area contributed by atoms with Crippen molar-refractivity contribution in [3.8, 4) is 0 Å². The molecule has 0 aliphatic carbocycles. The van der Waals surface area contributed by atoms with Crippen LogP contribution in [-0.2, 0) is 4.74 Å². The van der Waals surface area contributed by atoms with Crippen molar-refractivity contribution in [1.29, 1.82) is 0 Å². The van der Waals surface area contributed by atoms with Gasteiger partial charge in [0.25, 0.3) is 0 Å². The van der Waals surface area contributed by atoms with E-state index >= 15 is 0 Å². The van der Waals surface area contributed by atoms with Crippen LogP contribution in [0, 0.1) is 0 Å². The number of anilines is 1. The topological polar surface area (TPSA) is 51.4 Å². The first kappa shape index (κ1) is 14.9. The number of hydrogen-bond acceptors (Lipinski definition) is 4. The zero-order chi connectivity index (χ0) is 13.5. The summed E-state index contributed by atoms with van der Waals surface area (Å²) in [6, 6.07) is 4.40. The van der Waals surface area contributed by atoms with Crippen LogP contribution in [0.5, 0.6) is 0 Å². The Morgan fingerprint density at radius 3 is 2.72 bits per heavy atom. The maximum absolute atomic E-state index is 6.02. The van der Waals surface area contributed by atoms with Gasteiger partial charge in [-0.3, -0.25) is 0 Å². The minimum Gasteiger partial charge on any atom is -0.383 e. The zero-order valence-corrected chi connectivity index (χ0v) is 11.9. The van der Waals surface area contributed by atoms with Gasteiger partial charge in [0.2, 0.25) is 0 Å². The molecule has 0 aliphatic heterocycles. The fourth-order valence-corrected chi connectivity index (χ4v) is 1.95. The smallest absolute Gasteiger partial charge is 0.133 e. The van der Waals surface area contributed by atoms with E-state index in [0.29, 0.717) is 12.6 Å². The van der Waals surface area contributed by atoms with Crippen molar-refractivity contribution in [2.75, 3.05) is 25.2 Å². The van der Waals surface area contributed by atoms with Gasteiger partial charge < -0.3 is 15.4 Å². The Kier molecular flexibility index (Phi) is 6.09. The number of pyridine rings is 1. The lowest BCUT2D eigenvalue weighted by atomic mass is 10.1. The predicted molar refractivity (Wildman–Crippen MR) is 75.8 cm³/mol. The van der Waals surface area contributed by atoms with Gasteiger partial charge in [-0.15, -0.1) is 0 Å². The lowest BCUT2D eigenvalue weighted by Gasteiger charge is -2.31. The Balaban J connectivity index is 3.03. The highest BCUT2D eigenvalue weighted by atomic mass is 16.5. The predicted octanol–water partition coefficient (Wildman–Crippen LogP) is 2.35. The molecule has 0 radical (unpaired) electrons. The van der Waals surface area contributed by atoms with E-state index < -0.39 is 0 Å². The molecule has 0 saturated carbocycles. The van der Waals surface area contributed by atoms with E-state index in [2.05, 4.69) is 29.8 Å². The molecule has 0 saturated heterocycles. The van der Waals surface area contributed by atoms with Gasteiger partial charge in [0.15, 0.2) is 0 Å². The van der Waals surface area contributed by atoms with Crippen molar-refractivity contribution in [2.45, 2.75) is 39.3 Å². The summed E-state index contributed by atoms with van der Waals surface area (Å²) < 4.78 is 5.19. The van der Waals surface area contributed by atoms with Gasteiger partial charge in [-0.1, -0.05) is 13.0 Å². The molecule has 2 N–H and O–H groups in total. The van der Waals surface area contributed by atoms with Crippen LogP contribution < -0.4 is 10.6 Å². The number of rotatable bonds is 7. The van der Waals surface area contributed by atoms with Crippen LogP contribution in [0.4, 0.5) is 5.82 Å². The summed E-state index contributed by atoms with van der Waals surface area (Å²) in [6.07, 6.45) is 2.89. The van der Waals surface area contributed by atoms with Gasteiger partial charge >= 0.3 is 0 Å². The van der Waals surface area contributed by atoms with Crippen molar-refractivity contribution in [1.82, 2.24) is 4.98 Å². The van der Waals surface area contributed by atoms with Crippen molar-refractivity contribution in [3.05, 3.63) is 23.9 Å². The SMILES string of the molecule is CCC(C)N(CCOC)c1ncccc1C(C)N. The third-order valence-electron chi connectivity index (χ3n) is 3.24. The van der Waals surface area contributed by atoms with Crippen molar-refractivity contribution >= 4 is 5.82 Å². The molecule has 18 heavy (non-hydrogen) atoms. The molecule has 102 valence electrons. The normalized spacial score (nSPS) is 14.3.